The molecule has 0 radical (unpaired) electrons. The second-order valence-corrected chi connectivity index (χ2v) is 8.07. The molecule has 1 aromatic heterocycles. The van der Waals surface area contributed by atoms with Crippen molar-refractivity contribution in [1.82, 2.24) is 20.1 Å². The van der Waals surface area contributed by atoms with Gasteiger partial charge < -0.3 is 20.1 Å². The van der Waals surface area contributed by atoms with E-state index >= 15 is 0 Å². The van der Waals surface area contributed by atoms with Crippen molar-refractivity contribution in [3.63, 3.8) is 0 Å². The highest BCUT2D eigenvalue weighted by molar-refractivity contribution is 6.41. The Morgan fingerprint density at radius 2 is 2.12 bits per heavy atom. The van der Waals surface area contributed by atoms with Crippen LogP contribution in [0.5, 0.6) is 0 Å². The zero-order chi connectivity index (χ0) is 18.4. The van der Waals surface area contributed by atoms with Crippen molar-refractivity contribution in [3.05, 3.63) is 21.9 Å². The Hall–Kier alpha value is -0.910. The standard InChI is InChI=1S/C18H31Cl2N5/c1-13(2)11-25-7-5-6-14(12-25)9-22-18(21-3)23-10-15-8-16(19)17(20)24(15)4/h8,13-14H,5-7,9-12H2,1-4H3,(H2,21,22,23). The summed E-state index contributed by atoms with van der Waals surface area (Å²) in [5, 5.41) is 7.94. The zero-order valence-corrected chi connectivity index (χ0v) is 17.3. The van der Waals surface area contributed by atoms with E-state index in [-0.39, 0.29) is 0 Å². The van der Waals surface area contributed by atoms with Gasteiger partial charge in [0, 0.05) is 39.4 Å². The van der Waals surface area contributed by atoms with E-state index in [2.05, 4.69) is 34.4 Å². The average molecular weight is 388 g/mol. The summed E-state index contributed by atoms with van der Waals surface area (Å²) in [5.41, 5.74) is 1.03. The first-order valence-corrected chi connectivity index (χ1v) is 9.82. The van der Waals surface area contributed by atoms with Gasteiger partial charge in [0.15, 0.2) is 5.96 Å². The molecular formula is C18H31Cl2N5. The quantitative estimate of drug-likeness (QED) is 0.580. The molecule has 0 bridgehead atoms. The molecule has 5 nitrogen and oxygen atoms in total. The van der Waals surface area contributed by atoms with Crippen LogP contribution in [0.25, 0.3) is 0 Å². The third-order valence-corrected chi connectivity index (χ3v) is 5.50. The minimum atomic E-state index is 0.564. The second kappa shape index (κ2) is 9.70. The van der Waals surface area contributed by atoms with Gasteiger partial charge in [-0.3, -0.25) is 4.99 Å². The number of aliphatic imine (C=N–C) groups is 1. The van der Waals surface area contributed by atoms with E-state index in [9.17, 15) is 0 Å². The summed E-state index contributed by atoms with van der Waals surface area (Å²) in [5.74, 6) is 2.21. The Labute approximate surface area is 161 Å². The Morgan fingerprint density at radius 1 is 1.36 bits per heavy atom. The van der Waals surface area contributed by atoms with Crippen LogP contribution < -0.4 is 10.6 Å². The molecule has 1 unspecified atom stereocenters. The third-order valence-electron chi connectivity index (χ3n) is 4.66. The first kappa shape index (κ1) is 20.4. The summed E-state index contributed by atoms with van der Waals surface area (Å²) in [6, 6.07) is 1.88. The maximum Gasteiger partial charge on any atom is 0.191 e. The topological polar surface area (TPSA) is 44.6 Å². The number of halogens is 2. The molecule has 1 aromatic rings. The van der Waals surface area contributed by atoms with Gasteiger partial charge in [-0.25, -0.2) is 0 Å². The molecule has 2 N–H and O–H groups in total. The van der Waals surface area contributed by atoms with Gasteiger partial charge in [0.05, 0.1) is 11.6 Å². The summed E-state index contributed by atoms with van der Waals surface area (Å²) in [6.07, 6.45) is 2.56. The molecule has 0 amide bonds. The van der Waals surface area contributed by atoms with Crippen LogP contribution in [0.1, 0.15) is 32.4 Å². The minimum Gasteiger partial charge on any atom is -0.356 e. The van der Waals surface area contributed by atoms with E-state index in [1.165, 1.54) is 32.5 Å². The van der Waals surface area contributed by atoms with E-state index in [0.717, 1.165) is 24.1 Å². The van der Waals surface area contributed by atoms with Gasteiger partial charge in [0.1, 0.15) is 5.15 Å². The lowest BCUT2D eigenvalue weighted by molar-refractivity contribution is 0.159. The number of guanidine groups is 1. The number of piperidine rings is 1. The third kappa shape index (κ3) is 6.08. The molecule has 0 aromatic carbocycles. The smallest absolute Gasteiger partial charge is 0.191 e. The lowest BCUT2D eigenvalue weighted by Gasteiger charge is -2.34. The van der Waals surface area contributed by atoms with Gasteiger partial charge in [0.2, 0.25) is 0 Å². The fraction of sp³-hybridized carbons (Fsp3) is 0.722. The Bertz CT molecular complexity index is 582. The maximum atomic E-state index is 6.11. The number of hydrogen-bond donors (Lipinski definition) is 2. The van der Waals surface area contributed by atoms with Crippen LogP contribution >= 0.6 is 23.2 Å². The van der Waals surface area contributed by atoms with Crippen molar-refractivity contribution in [2.45, 2.75) is 33.2 Å². The minimum absolute atomic E-state index is 0.564. The molecule has 1 fully saturated rings. The lowest BCUT2D eigenvalue weighted by atomic mass is 9.97. The summed E-state index contributed by atoms with van der Waals surface area (Å²) < 4.78 is 1.88. The van der Waals surface area contributed by atoms with Crippen molar-refractivity contribution < 1.29 is 0 Å². The van der Waals surface area contributed by atoms with Crippen LogP contribution in [0, 0.1) is 11.8 Å². The number of likely N-dealkylation sites (tertiary alicyclic amines) is 1. The second-order valence-electron chi connectivity index (χ2n) is 7.30. The molecule has 7 heteroatoms. The molecule has 1 aliphatic rings. The van der Waals surface area contributed by atoms with E-state index in [0.29, 0.717) is 22.6 Å². The van der Waals surface area contributed by atoms with E-state index < -0.39 is 0 Å². The van der Waals surface area contributed by atoms with Crippen LogP contribution in [-0.2, 0) is 13.6 Å². The molecule has 0 spiro atoms. The summed E-state index contributed by atoms with van der Waals surface area (Å²) >= 11 is 12.2. The highest BCUT2D eigenvalue weighted by Gasteiger charge is 2.20. The largest absolute Gasteiger partial charge is 0.356 e. The zero-order valence-electron chi connectivity index (χ0n) is 15.8. The van der Waals surface area contributed by atoms with Crippen molar-refractivity contribution in [2.24, 2.45) is 23.9 Å². The lowest BCUT2D eigenvalue weighted by Crippen LogP contribution is -2.45. The summed E-state index contributed by atoms with van der Waals surface area (Å²) in [6.45, 7) is 9.75. The highest BCUT2D eigenvalue weighted by atomic mass is 35.5. The summed E-state index contributed by atoms with van der Waals surface area (Å²) in [4.78, 5) is 6.91. The van der Waals surface area contributed by atoms with Gasteiger partial charge in [-0.2, -0.15) is 0 Å². The number of nitrogens with zero attached hydrogens (tertiary/aromatic N) is 3. The van der Waals surface area contributed by atoms with Crippen LogP contribution in [-0.4, -0.2) is 48.7 Å². The van der Waals surface area contributed by atoms with E-state index in [4.69, 9.17) is 23.2 Å². The van der Waals surface area contributed by atoms with Gasteiger partial charge in [-0.15, -0.1) is 0 Å². The van der Waals surface area contributed by atoms with Crippen LogP contribution in [0.15, 0.2) is 11.1 Å². The number of hydrogen-bond acceptors (Lipinski definition) is 2. The van der Waals surface area contributed by atoms with Crippen LogP contribution in [0.2, 0.25) is 10.2 Å². The Kier molecular flexibility index (Phi) is 7.91. The first-order chi connectivity index (χ1) is 11.9. The SMILES string of the molecule is CN=C(NCc1cc(Cl)c(Cl)n1C)NCC1CCCN(CC(C)C)C1. The normalized spacial score (nSPS) is 19.5. The molecule has 25 heavy (non-hydrogen) atoms. The van der Waals surface area contributed by atoms with Gasteiger partial charge >= 0.3 is 0 Å². The number of aromatic nitrogens is 1. The van der Waals surface area contributed by atoms with Crippen molar-refractivity contribution in [2.75, 3.05) is 33.2 Å². The van der Waals surface area contributed by atoms with E-state index in [1.807, 2.05) is 17.7 Å². The molecule has 2 heterocycles. The molecule has 0 saturated carbocycles. The van der Waals surface area contributed by atoms with Crippen molar-refractivity contribution in [1.29, 1.82) is 0 Å². The number of rotatable bonds is 6. The van der Waals surface area contributed by atoms with Gasteiger partial charge in [-0.1, -0.05) is 37.0 Å². The van der Waals surface area contributed by atoms with Crippen molar-refractivity contribution >= 4 is 29.2 Å². The Balaban J connectivity index is 1.79. The van der Waals surface area contributed by atoms with Gasteiger partial charge in [-0.05, 0) is 37.3 Å². The number of nitrogens with one attached hydrogen (secondary N) is 2. The van der Waals surface area contributed by atoms with E-state index in [1.54, 1.807) is 7.05 Å². The van der Waals surface area contributed by atoms with Crippen LogP contribution in [0.4, 0.5) is 0 Å². The predicted octanol–water partition coefficient (Wildman–Crippen LogP) is 3.36. The molecular weight excluding hydrogens is 357 g/mol. The first-order valence-electron chi connectivity index (χ1n) is 9.07. The highest BCUT2D eigenvalue weighted by Crippen LogP contribution is 2.24. The molecule has 1 saturated heterocycles. The average Bonchev–Trinajstić information content (AvgIpc) is 2.82. The van der Waals surface area contributed by atoms with Crippen molar-refractivity contribution in [3.8, 4) is 0 Å². The Morgan fingerprint density at radius 3 is 2.72 bits per heavy atom. The van der Waals surface area contributed by atoms with Gasteiger partial charge in [0.25, 0.3) is 0 Å². The summed E-state index contributed by atoms with van der Waals surface area (Å²) in [7, 11) is 3.71. The fourth-order valence-electron chi connectivity index (χ4n) is 3.39. The maximum absolute atomic E-state index is 6.11. The molecule has 2 rings (SSSR count). The molecule has 1 atom stereocenters. The molecule has 0 aliphatic carbocycles. The fourth-order valence-corrected chi connectivity index (χ4v) is 3.81. The monoisotopic (exact) mass is 387 g/mol. The molecule has 1 aliphatic heterocycles. The predicted molar refractivity (Wildman–Crippen MR) is 108 cm³/mol. The molecule has 142 valence electrons. The van der Waals surface area contributed by atoms with Crippen LogP contribution in [0.3, 0.4) is 0 Å².